The van der Waals surface area contributed by atoms with Gasteiger partial charge in [0.1, 0.15) is 0 Å². The third kappa shape index (κ3) is 1.43. The fourth-order valence-corrected chi connectivity index (χ4v) is 0.652. The number of aryl methyl sites for hydroxylation is 1. The maximum absolute atomic E-state index is 10.2. The van der Waals surface area contributed by atoms with Crippen molar-refractivity contribution in [2.24, 2.45) is 0 Å². The average molecular weight is 153 g/mol. The first kappa shape index (κ1) is 7.46. The Morgan fingerprint density at radius 2 is 2.36 bits per heavy atom. The van der Waals surface area contributed by atoms with Gasteiger partial charge in [-0.15, -0.1) is 0 Å². The van der Waals surface area contributed by atoms with Gasteiger partial charge < -0.3 is 15.8 Å². The molecule has 2 N–H and O–H groups in total. The van der Waals surface area contributed by atoms with Crippen LogP contribution in [0.1, 0.15) is 5.56 Å². The highest BCUT2D eigenvalue weighted by Gasteiger charge is 2.07. The Kier molecular flexibility index (Phi) is 1.72. The standard InChI is InChI=1S/C6H7N3O2/c1-4-2-6(9(10)11)8-3-5(4)7/h2-3H,7H2,1H3. The molecule has 58 valence electrons. The maximum Gasteiger partial charge on any atom is 0.363 e. The quantitative estimate of drug-likeness (QED) is 0.479. The van der Waals surface area contributed by atoms with Crippen LogP contribution in [0.15, 0.2) is 12.3 Å². The van der Waals surface area contributed by atoms with E-state index in [1.54, 1.807) is 6.92 Å². The zero-order valence-corrected chi connectivity index (χ0v) is 5.94. The lowest BCUT2D eigenvalue weighted by Gasteiger charge is -1.95. The second kappa shape index (κ2) is 2.53. The monoisotopic (exact) mass is 153 g/mol. The number of rotatable bonds is 1. The van der Waals surface area contributed by atoms with Crippen molar-refractivity contribution < 1.29 is 4.92 Å². The zero-order valence-electron chi connectivity index (χ0n) is 5.94. The minimum atomic E-state index is -0.549. The molecule has 0 unspecified atom stereocenters. The lowest BCUT2D eigenvalue weighted by atomic mass is 10.2. The van der Waals surface area contributed by atoms with Crippen LogP contribution in [0.3, 0.4) is 0 Å². The summed E-state index contributed by atoms with van der Waals surface area (Å²) in [7, 11) is 0. The van der Waals surface area contributed by atoms with Crippen molar-refractivity contribution in [3.05, 3.63) is 27.9 Å². The molecule has 1 heterocycles. The molecule has 1 rings (SSSR count). The van der Waals surface area contributed by atoms with Crippen LogP contribution in [0.25, 0.3) is 0 Å². The van der Waals surface area contributed by atoms with Gasteiger partial charge in [0.25, 0.3) is 0 Å². The second-order valence-electron chi connectivity index (χ2n) is 2.16. The van der Waals surface area contributed by atoms with Crippen LogP contribution < -0.4 is 5.73 Å². The van der Waals surface area contributed by atoms with E-state index in [0.29, 0.717) is 11.3 Å². The fraction of sp³-hybridized carbons (Fsp3) is 0.167. The first-order valence-electron chi connectivity index (χ1n) is 2.98. The van der Waals surface area contributed by atoms with E-state index in [1.807, 2.05) is 0 Å². The smallest absolute Gasteiger partial charge is 0.363 e. The van der Waals surface area contributed by atoms with Crippen molar-refractivity contribution in [1.82, 2.24) is 4.98 Å². The van der Waals surface area contributed by atoms with Gasteiger partial charge in [0.05, 0.1) is 5.69 Å². The van der Waals surface area contributed by atoms with Crippen LogP contribution >= 0.6 is 0 Å². The Morgan fingerprint density at radius 3 is 2.82 bits per heavy atom. The summed E-state index contributed by atoms with van der Waals surface area (Å²) in [5.74, 6) is -0.170. The lowest BCUT2D eigenvalue weighted by molar-refractivity contribution is -0.389. The van der Waals surface area contributed by atoms with Gasteiger partial charge in [-0.2, -0.15) is 0 Å². The summed E-state index contributed by atoms with van der Waals surface area (Å²) in [4.78, 5) is 13.1. The molecule has 0 aliphatic carbocycles. The van der Waals surface area contributed by atoms with Gasteiger partial charge in [0, 0.05) is 6.07 Å². The SMILES string of the molecule is Cc1cc([N+](=O)[O-])ncc1N. The molecule has 5 heteroatoms. The van der Waals surface area contributed by atoms with Crippen molar-refractivity contribution in [3.63, 3.8) is 0 Å². The van der Waals surface area contributed by atoms with E-state index in [9.17, 15) is 10.1 Å². The number of nitrogen functional groups attached to an aromatic ring is 1. The zero-order chi connectivity index (χ0) is 8.43. The molecule has 0 saturated carbocycles. The number of hydrogen-bond acceptors (Lipinski definition) is 4. The summed E-state index contributed by atoms with van der Waals surface area (Å²) in [6.07, 6.45) is 1.29. The molecular weight excluding hydrogens is 146 g/mol. The molecule has 0 aromatic carbocycles. The topological polar surface area (TPSA) is 82.0 Å². The van der Waals surface area contributed by atoms with Crippen LogP contribution in [0.5, 0.6) is 0 Å². The Bertz CT molecular complexity index is 298. The molecule has 0 saturated heterocycles. The van der Waals surface area contributed by atoms with Crippen LogP contribution in [-0.4, -0.2) is 9.91 Å². The van der Waals surface area contributed by atoms with Crippen molar-refractivity contribution in [2.45, 2.75) is 6.92 Å². The predicted octanol–water partition coefficient (Wildman–Crippen LogP) is 0.880. The molecule has 5 nitrogen and oxygen atoms in total. The van der Waals surface area contributed by atoms with E-state index in [4.69, 9.17) is 5.73 Å². The number of hydrogen-bond donors (Lipinski definition) is 1. The first-order chi connectivity index (χ1) is 5.11. The molecule has 1 aromatic heterocycles. The van der Waals surface area contributed by atoms with E-state index < -0.39 is 4.92 Å². The fourth-order valence-electron chi connectivity index (χ4n) is 0.652. The summed E-state index contributed by atoms with van der Waals surface area (Å²) in [6, 6.07) is 1.34. The molecule has 0 fully saturated rings. The molecule has 0 spiro atoms. The summed E-state index contributed by atoms with van der Waals surface area (Å²) in [5.41, 5.74) is 6.54. The van der Waals surface area contributed by atoms with E-state index in [2.05, 4.69) is 4.98 Å². The number of anilines is 1. The molecule has 0 atom stereocenters. The highest BCUT2D eigenvalue weighted by molar-refractivity contribution is 5.46. The van der Waals surface area contributed by atoms with Gasteiger partial charge in [-0.05, 0) is 22.4 Å². The predicted molar refractivity (Wildman–Crippen MR) is 40.0 cm³/mol. The molecule has 11 heavy (non-hydrogen) atoms. The van der Waals surface area contributed by atoms with Crippen LogP contribution in [-0.2, 0) is 0 Å². The number of pyridine rings is 1. The first-order valence-corrected chi connectivity index (χ1v) is 2.98. The molecule has 1 aromatic rings. The van der Waals surface area contributed by atoms with E-state index in [-0.39, 0.29) is 5.82 Å². The van der Waals surface area contributed by atoms with E-state index in [0.717, 1.165) is 0 Å². The Morgan fingerprint density at radius 1 is 1.73 bits per heavy atom. The van der Waals surface area contributed by atoms with Gasteiger partial charge >= 0.3 is 5.82 Å². The highest BCUT2D eigenvalue weighted by atomic mass is 16.6. The molecule has 0 bridgehead atoms. The summed E-state index contributed by atoms with van der Waals surface area (Å²) in [5, 5.41) is 10.2. The van der Waals surface area contributed by atoms with Crippen LogP contribution in [0.4, 0.5) is 11.5 Å². The van der Waals surface area contributed by atoms with Gasteiger partial charge in [0.15, 0.2) is 6.20 Å². The third-order valence-corrected chi connectivity index (χ3v) is 1.32. The van der Waals surface area contributed by atoms with Gasteiger partial charge in [-0.3, -0.25) is 0 Å². The summed E-state index contributed by atoms with van der Waals surface area (Å²) < 4.78 is 0. The highest BCUT2D eigenvalue weighted by Crippen LogP contribution is 2.14. The van der Waals surface area contributed by atoms with Gasteiger partial charge in [-0.1, -0.05) is 0 Å². The second-order valence-corrected chi connectivity index (χ2v) is 2.16. The van der Waals surface area contributed by atoms with Crippen molar-refractivity contribution in [1.29, 1.82) is 0 Å². The van der Waals surface area contributed by atoms with Crippen molar-refractivity contribution in [3.8, 4) is 0 Å². The Balaban J connectivity index is 3.15. The van der Waals surface area contributed by atoms with Gasteiger partial charge in [-0.25, -0.2) is 0 Å². The minimum absolute atomic E-state index is 0.170. The van der Waals surface area contributed by atoms with E-state index >= 15 is 0 Å². The third-order valence-electron chi connectivity index (χ3n) is 1.32. The van der Waals surface area contributed by atoms with Crippen LogP contribution in [0, 0.1) is 17.0 Å². The normalized spacial score (nSPS) is 9.55. The molecule has 0 aliphatic rings. The lowest BCUT2D eigenvalue weighted by Crippen LogP contribution is -1.96. The number of nitrogens with two attached hydrogens (primary N) is 1. The molecular formula is C6H7N3O2. The average Bonchev–Trinajstić information content (AvgIpc) is 1.94. The Hall–Kier alpha value is -1.65. The molecule has 0 amide bonds. The van der Waals surface area contributed by atoms with Gasteiger partial charge in [0.2, 0.25) is 0 Å². The number of nitrogens with zero attached hydrogens (tertiary/aromatic N) is 2. The van der Waals surface area contributed by atoms with E-state index in [1.165, 1.54) is 12.3 Å². The number of nitro groups is 1. The molecule has 0 radical (unpaired) electrons. The molecule has 0 aliphatic heterocycles. The van der Waals surface area contributed by atoms with Crippen molar-refractivity contribution in [2.75, 3.05) is 5.73 Å². The van der Waals surface area contributed by atoms with Crippen molar-refractivity contribution >= 4 is 11.5 Å². The number of aromatic nitrogens is 1. The largest absolute Gasteiger partial charge is 0.395 e. The summed E-state index contributed by atoms with van der Waals surface area (Å²) in [6.45, 7) is 1.70. The maximum atomic E-state index is 10.2. The summed E-state index contributed by atoms with van der Waals surface area (Å²) >= 11 is 0. The minimum Gasteiger partial charge on any atom is -0.395 e. The van der Waals surface area contributed by atoms with Crippen LogP contribution in [0.2, 0.25) is 0 Å². The Labute approximate surface area is 63.0 Å².